The van der Waals surface area contributed by atoms with Gasteiger partial charge >= 0.3 is 5.97 Å². The van der Waals surface area contributed by atoms with Crippen LogP contribution >= 0.6 is 23.2 Å². The van der Waals surface area contributed by atoms with Crippen LogP contribution in [0.15, 0.2) is 59.6 Å². The molecule has 0 atom stereocenters. The molecule has 12 heteroatoms. The van der Waals surface area contributed by atoms with Crippen LogP contribution in [0, 0.1) is 6.92 Å². The van der Waals surface area contributed by atoms with E-state index in [1.807, 2.05) is 19.1 Å². The van der Waals surface area contributed by atoms with Crippen LogP contribution < -0.4 is 4.31 Å². The van der Waals surface area contributed by atoms with Crippen molar-refractivity contribution in [3.63, 3.8) is 0 Å². The number of aryl methyl sites for hydroxylation is 1. The molecular formula is C20H15Cl2N5O4S. The van der Waals surface area contributed by atoms with Crippen molar-refractivity contribution in [1.29, 1.82) is 0 Å². The number of aromatic nitrogens is 4. The van der Waals surface area contributed by atoms with Crippen LogP contribution in [-0.2, 0) is 14.8 Å². The molecule has 0 aliphatic rings. The van der Waals surface area contributed by atoms with E-state index < -0.39 is 22.5 Å². The van der Waals surface area contributed by atoms with E-state index in [0.29, 0.717) is 11.2 Å². The summed E-state index contributed by atoms with van der Waals surface area (Å²) in [6, 6.07) is 12.4. The number of hydrogen-bond donors (Lipinski definition) is 1. The van der Waals surface area contributed by atoms with Crippen molar-refractivity contribution < 1.29 is 18.3 Å². The van der Waals surface area contributed by atoms with Gasteiger partial charge in [0.15, 0.2) is 5.82 Å². The zero-order chi connectivity index (χ0) is 23.0. The molecule has 0 saturated heterocycles. The van der Waals surface area contributed by atoms with Gasteiger partial charge in [-0.15, -0.1) is 5.10 Å². The number of rotatable bonds is 6. The molecule has 0 radical (unpaired) electrons. The third-order valence-electron chi connectivity index (χ3n) is 4.60. The van der Waals surface area contributed by atoms with E-state index in [2.05, 4.69) is 15.2 Å². The highest BCUT2D eigenvalue weighted by molar-refractivity contribution is 7.92. The second-order valence-corrected chi connectivity index (χ2v) is 9.45. The third-order valence-corrected chi connectivity index (χ3v) is 6.73. The number of fused-ring (bicyclic) bond motifs is 1. The summed E-state index contributed by atoms with van der Waals surface area (Å²) < 4.78 is 29.1. The molecule has 0 spiro atoms. The predicted molar refractivity (Wildman–Crippen MR) is 120 cm³/mol. The second kappa shape index (κ2) is 8.38. The Balaban J connectivity index is 1.81. The Hall–Kier alpha value is -3.21. The van der Waals surface area contributed by atoms with Gasteiger partial charge in [-0.1, -0.05) is 23.2 Å². The van der Waals surface area contributed by atoms with E-state index in [1.165, 1.54) is 6.07 Å². The van der Waals surface area contributed by atoms with Crippen LogP contribution in [0.5, 0.6) is 0 Å². The number of aliphatic carboxylic acids is 1. The summed E-state index contributed by atoms with van der Waals surface area (Å²) in [6.45, 7) is 1.03. The van der Waals surface area contributed by atoms with E-state index in [9.17, 15) is 18.3 Å². The van der Waals surface area contributed by atoms with Crippen LogP contribution in [0.3, 0.4) is 0 Å². The molecule has 9 nitrogen and oxygen atoms in total. The molecule has 32 heavy (non-hydrogen) atoms. The average molecular weight is 492 g/mol. The van der Waals surface area contributed by atoms with Gasteiger partial charge < -0.3 is 5.11 Å². The van der Waals surface area contributed by atoms with Crippen molar-refractivity contribution in [2.75, 3.05) is 10.8 Å². The van der Waals surface area contributed by atoms with Crippen LogP contribution in [0.25, 0.3) is 16.7 Å². The van der Waals surface area contributed by atoms with Crippen molar-refractivity contribution in [1.82, 2.24) is 19.7 Å². The number of halogens is 2. The summed E-state index contributed by atoms with van der Waals surface area (Å²) in [5.41, 5.74) is 1.68. The summed E-state index contributed by atoms with van der Waals surface area (Å²) >= 11 is 11.7. The first-order chi connectivity index (χ1) is 15.1. The number of carboxylic acid groups (broad SMARTS) is 1. The van der Waals surface area contributed by atoms with Crippen LogP contribution in [0.2, 0.25) is 10.3 Å². The first-order valence-corrected chi connectivity index (χ1v) is 11.3. The van der Waals surface area contributed by atoms with Crippen LogP contribution in [-0.4, -0.2) is 45.8 Å². The van der Waals surface area contributed by atoms with Crippen molar-refractivity contribution in [3.05, 3.63) is 70.7 Å². The first kappa shape index (κ1) is 22.0. The molecule has 0 bridgehead atoms. The summed E-state index contributed by atoms with van der Waals surface area (Å²) in [6.07, 6.45) is 1.77. The van der Waals surface area contributed by atoms with E-state index in [1.54, 1.807) is 29.0 Å². The van der Waals surface area contributed by atoms with Gasteiger partial charge in [-0.05, 0) is 55.5 Å². The molecule has 164 valence electrons. The minimum atomic E-state index is -4.30. The van der Waals surface area contributed by atoms with Gasteiger partial charge in [0.05, 0.1) is 21.8 Å². The Morgan fingerprint density at radius 1 is 1.06 bits per heavy atom. The number of hydrogen-bond acceptors (Lipinski definition) is 6. The van der Waals surface area contributed by atoms with Crippen molar-refractivity contribution in [2.24, 2.45) is 0 Å². The minimum Gasteiger partial charge on any atom is -0.480 e. The minimum absolute atomic E-state index is 0.127. The standard InChI is InChI=1S/C20H15Cl2N5O4S/c1-12-2-5-19(25-24-12)26-7-6-13-8-14(3-4-16(13)26)27(11-20(28)29)32(30,31)15-9-17(21)23-18(22)10-15/h2-10H,11H2,1H3,(H,28,29). The number of carboxylic acids is 1. The first-order valence-electron chi connectivity index (χ1n) is 9.14. The lowest BCUT2D eigenvalue weighted by Gasteiger charge is -2.23. The second-order valence-electron chi connectivity index (χ2n) is 6.82. The lowest BCUT2D eigenvalue weighted by Crippen LogP contribution is -2.35. The molecule has 0 amide bonds. The Morgan fingerprint density at radius 2 is 1.78 bits per heavy atom. The van der Waals surface area contributed by atoms with Gasteiger partial charge in [-0.25, -0.2) is 13.4 Å². The molecular weight excluding hydrogens is 477 g/mol. The van der Waals surface area contributed by atoms with Crippen molar-refractivity contribution >= 4 is 55.8 Å². The molecule has 3 aromatic heterocycles. The molecule has 0 unspecified atom stereocenters. The Morgan fingerprint density at radius 3 is 2.41 bits per heavy atom. The van der Waals surface area contributed by atoms with E-state index >= 15 is 0 Å². The summed E-state index contributed by atoms with van der Waals surface area (Å²) in [7, 11) is -4.30. The maximum Gasteiger partial charge on any atom is 0.324 e. The number of anilines is 1. The Bertz CT molecular complexity index is 1420. The SMILES string of the molecule is Cc1ccc(-n2ccc3cc(N(CC(=O)O)S(=O)(=O)c4cc(Cl)nc(Cl)c4)ccc32)nn1. The zero-order valence-electron chi connectivity index (χ0n) is 16.5. The number of carbonyl (C=O) groups is 1. The van der Waals surface area contributed by atoms with Gasteiger partial charge in [0.2, 0.25) is 0 Å². The number of pyridine rings is 1. The predicted octanol–water partition coefficient (Wildman–Crippen LogP) is 3.71. The average Bonchev–Trinajstić information content (AvgIpc) is 3.15. The fourth-order valence-electron chi connectivity index (χ4n) is 3.16. The van der Waals surface area contributed by atoms with Gasteiger partial charge in [-0.2, -0.15) is 5.10 Å². The number of benzene rings is 1. The lowest BCUT2D eigenvalue weighted by atomic mass is 10.2. The molecule has 3 heterocycles. The normalized spacial score (nSPS) is 11.6. The quantitative estimate of drug-likeness (QED) is 0.408. The van der Waals surface area contributed by atoms with E-state index in [0.717, 1.165) is 27.6 Å². The van der Waals surface area contributed by atoms with Gasteiger partial charge in [0.1, 0.15) is 16.9 Å². The van der Waals surface area contributed by atoms with Crippen LogP contribution in [0.4, 0.5) is 5.69 Å². The number of nitrogens with zero attached hydrogens (tertiary/aromatic N) is 5. The van der Waals surface area contributed by atoms with E-state index in [4.69, 9.17) is 23.2 Å². The summed E-state index contributed by atoms with van der Waals surface area (Å²) in [5, 5.41) is 18.0. The number of sulfonamides is 1. The Labute approximate surface area is 192 Å². The highest BCUT2D eigenvalue weighted by atomic mass is 35.5. The van der Waals surface area contributed by atoms with Gasteiger partial charge in [0.25, 0.3) is 10.0 Å². The highest BCUT2D eigenvalue weighted by Crippen LogP contribution is 2.30. The highest BCUT2D eigenvalue weighted by Gasteiger charge is 2.28. The maximum atomic E-state index is 13.3. The maximum absolute atomic E-state index is 13.3. The van der Waals surface area contributed by atoms with Crippen LogP contribution in [0.1, 0.15) is 5.69 Å². The zero-order valence-corrected chi connectivity index (χ0v) is 18.8. The third kappa shape index (κ3) is 4.24. The van der Waals surface area contributed by atoms with Gasteiger partial charge in [-0.3, -0.25) is 13.7 Å². The molecule has 1 N–H and O–H groups in total. The molecule has 1 aromatic carbocycles. The fourth-order valence-corrected chi connectivity index (χ4v) is 5.20. The largest absolute Gasteiger partial charge is 0.480 e. The van der Waals surface area contributed by atoms with Gasteiger partial charge in [0, 0.05) is 11.6 Å². The fraction of sp³-hybridized carbons (Fsp3) is 0.100. The smallest absolute Gasteiger partial charge is 0.324 e. The molecule has 0 saturated carbocycles. The molecule has 0 aliphatic heterocycles. The molecule has 4 rings (SSSR count). The Kier molecular flexibility index (Phi) is 5.76. The summed E-state index contributed by atoms with van der Waals surface area (Å²) in [5.74, 6) is -0.734. The van der Waals surface area contributed by atoms with Crippen molar-refractivity contribution in [3.8, 4) is 5.82 Å². The summed E-state index contributed by atoms with van der Waals surface area (Å²) in [4.78, 5) is 15.0. The lowest BCUT2D eigenvalue weighted by molar-refractivity contribution is -0.135. The van der Waals surface area contributed by atoms with Crippen molar-refractivity contribution in [2.45, 2.75) is 11.8 Å². The van der Waals surface area contributed by atoms with E-state index in [-0.39, 0.29) is 20.9 Å². The monoisotopic (exact) mass is 491 g/mol. The molecule has 0 aliphatic carbocycles. The molecule has 4 aromatic rings. The topological polar surface area (TPSA) is 118 Å². The molecule has 0 fully saturated rings.